The fourth-order valence-corrected chi connectivity index (χ4v) is 2.89. The molecular formula is C18H15ClN2O2S. The van der Waals surface area contributed by atoms with Crippen LogP contribution in [0.1, 0.15) is 10.7 Å². The number of nitrogens with one attached hydrogen (secondary N) is 1. The highest BCUT2D eigenvalue weighted by atomic mass is 35.5. The van der Waals surface area contributed by atoms with Crippen LogP contribution in [0.5, 0.6) is 5.75 Å². The quantitative estimate of drug-likeness (QED) is 0.703. The summed E-state index contributed by atoms with van der Waals surface area (Å²) in [5.41, 5.74) is 1.45. The number of aromatic nitrogens is 1. The van der Waals surface area contributed by atoms with Crippen LogP contribution in [0, 0.1) is 0 Å². The molecule has 0 radical (unpaired) electrons. The number of anilines is 1. The molecule has 0 aliphatic heterocycles. The minimum absolute atomic E-state index is 0.113. The molecule has 24 heavy (non-hydrogen) atoms. The highest BCUT2D eigenvalue weighted by Gasteiger charge is 2.09. The lowest BCUT2D eigenvalue weighted by molar-refractivity contribution is -0.115. The summed E-state index contributed by atoms with van der Waals surface area (Å²) in [6, 6.07) is 16.6. The number of rotatable bonds is 6. The van der Waals surface area contributed by atoms with Crippen molar-refractivity contribution in [1.29, 1.82) is 0 Å². The summed E-state index contributed by atoms with van der Waals surface area (Å²) in [5, 5.41) is 6.18. The molecule has 1 amide bonds. The molecule has 3 rings (SSSR count). The molecule has 0 spiro atoms. The fourth-order valence-electron chi connectivity index (χ4n) is 2.06. The number of hydrogen-bond acceptors (Lipinski definition) is 4. The molecule has 6 heteroatoms. The second-order valence-corrected chi connectivity index (χ2v) is 6.45. The number of halogens is 1. The Morgan fingerprint density at radius 3 is 2.62 bits per heavy atom. The number of nitrogens with zero attached hydrogens (tertiary/aromatic N) is 1. The molecule has 0 saturated carbocycles. The Bertz CT molecular complexity index is 803. The van der Waals surface area contributed by atoms with E-state index in [0.717, 1.165) is 16.5 Å². The Kier molecular flexibility index (Phi) is 5.46. The number of ether oxygens (including phenoxy) is 1. The van der Waals surface area contributed by atoms with Gasteiger partial charge in [0.25, 0.3) is 0 Å². The molecule has 0 aliphatic carbocycles. The zero-order chi connectivity index (χ0) is 16.8. The smallest absolute Gasteiger partial charge is 0.230 e. The van der Waals surface area contributed by atoms with Gasteiger partial charge in [-0.2, -0.15) is 0 Å². The minimum Gasteiger partial charge on any atom is -0.486 e. The van der Waals surface area contributed by atoms with E-state index in [2.05, 4.69) is 10.3 Å². The molecule has 0 fully saturated rings. The number of carbonyl (C=O) groups excluding carboxylic acids is 1. The van der Waals surface area contributed by atoms with Crippen LogP contribution >= 0.6 is 22.9 Å². The third-order valence-corrected chi connectivity index (χ3v) is 4.30. The van der Waals surface area contributed by atoms with Crippen LogP contribution < -0.4 is 10.1 Å². The first-order valence-corrected chi connectivity index (χ1v) is 8.61. The Morgan fingerprint density at radius 2 is 1.88 bits per heavy atom. The van der Waals surface area contributed by atoms with Gasteiger partial charge >= 0.3 is 0 Å². The topological polar surface area (TPSA) is 51.2 Å². The molecular weight excluding hydrogens is 344 g/mol. The monoisotopic (exact) mass is 358 g/mol. The second-order valence-electron chi connectivity index (χ2n) is 5.07. The maximum absolute atomic E-state index is 12.0. The number of thiazole rings is 1. The van der Waals surface area contributed by atoms with Gasteiger partial charge in [0, 0.05) is 16.1 Å². The lowest BCUT2D eigenvalue weighted by atomic mass is 10.3. The summed E-state index contributed by atoms with van der Waals surface area (Å²) in [5.74, 6) is 0.688. The number of benzene rings is 2. The van der Waals surface area contributed by atoms with Crippen molar-refractivity contribution in [3.63, 3.8) is 0 Å². The molecule has 0 atom stereocenters. The molecule has 0 bridgehead atoms. The molecule has 0 saturated heterocycles. The summed E-state index contributed by atoms with van der Waals surface area (Å²) >= 11 is 7.31. The largest absolute Gasteiger partial charge is 0.486 e. The zero-order valence-electron chi connectivity index (χ0n) is 12.7. The van der Waals surface area contributed by atoms with Crippen molar-refractivity contribution in [2.24, 2.45) is 0 Å². The summed E-state index contributed by atoms with van der Waals surface area (Å²) < 4.78 is 5.65. The summed E-state index contributed by atoms with van der Waals surface area (Å²) in [7, 11) is 0. The number of carbonyl (C=O) groups is 1. The van der Waals surface area contributed by atoms with E-state index in [9.17, 15) is 4.79 Å². The van der Waals surface area contributed by atoms with E-state index in [1.54, 1.807) is 24.3 Å². The normalized spacial score (nSPS) is 10.4. The third-order valence-electron chi connectivity index (χ3n) is 3.17. The number of para-hydroxylation sites is 1. The Balaban J connectivity index is 1.51. The highest BCUT2D eigenvalue weighted by molar-refractivity contribution is 7.09. The summed E-state index contributed by atoms with van der Waals surface area (Å²) in [6.07, 6.45) is 0.227. The van der Waals surface area contributed by atoms with E-state index >= 15 is 0 Å². The zero-order valence-corrected chi connectivity index (χ0v) is 14.3. The van der Waals surface area contributed by atoms with Crippen molar-refractivity contribution in [2.75, 3.05) is 5.32 Å². The van der Waals surface area contributed by atoms with Gasteiger partial charge in [0.15, 0.2) is 0 Å². The van der Waals surface area contributed by atoms with Crippen molar-refractivity contribution < 1.29 is 9.53 Å². The van der Waals surface area contributed by atoms with Crippen molar-refractivity contribution in [3.05, 3.63) is 75.7 Å². The second kappa shape index (κ2) is 7.95. The maximum atomic E-state index is 12.0. The van der Waals surface area contributed by atoms with Crippen molar-refractivity contribution >= 4 is 34.5 Å². The average Bonchev–Trinajstić information content (AvgIpc) is 3.03. The molecule has 3 aromatic rings. The van der Waals surface area contributed by atoms with Crippen LogP contribution in [0.3, 0.4) is 0 Å². The number of hydrogen-bond donors (Lipinski definition) is 1. The van der Waals surface area contributed by atoms with Gasteiger partial charge in [0.1, 0.15) is 17.4 Å². The maximum Gasteiger partial charge on any atom is 0.230 e. The predicted octanol–water partition coefficient (Wildman–Crippen LogP) is 4.56. The van der Waals surface area contributed by atoms with Gasteiger partial charge in [-0.05, 0) is 36.4 Å². The van der Waals surface area contributed by atoms with Gasteiger partial charge in [-0.3, -0.25) is 4.79 Å². The van der Waals surface area contributed by atoms with Crippen molar-refractivity contribution in [1.82, 2.24) is 4.98 Å². The van der Waals surface area contributed by atoms with Crippen LogP contribution in [0.2, 0.25) is 5.02 Å². The molecule has 1 heterocycles. The SMILES string of the molecule is O=C(Cc1csc(COc2ccccc2)n1)Nc1ccc(Cl)cc1. The summed E-state index contributed by atoms with van der Waals surface area (Å²) in [4.78, 5) is 16.5. The number of amides is 1. The van der Waals surface area contributed by atoms with Crippen LogP contribution in [0.4, 0.5) is 5.69 Å². The lowest BCUT2D eigenvalue weighted by Crippen LogP contribution is -2.14. The van der Waals surface area contributed by atoms with Gasteiger partial charge < -0.3 is 10.1 Å². The van der Waals surface area contributed by atoms with E-state index in [4.69, 9.17) is 16.3 Å². The fraction of sp³-hybridized carbons (Fsp3) is 0.111. The Morgan fingerprint density at radius 1 is 1.12 bits per heavy atom. The minimum atomic E-state index is -0.113. The van der Waals surface area contributed by atoms with Crippen LogP contribution in [-0.2, 0) is 17.8 Å². The van der Waals surface area contributed by atoms with Crippen molar-refractivity contribution in [2.45, 2.75) is 13.0 Å². The van der Waals surface area contributed by atoms with E-state index in [0.29, 0.717) is 17.3 Å². The molecule has 1 N–H and O–H groups in total. The summed E-state index contributed by atoms with van der Waals surface area (Å²) in [6.45, 7) is 0.396. The first kappa shape index (κ1) is 16.5. The van der Waals surface area contributed by atoms with E-state index in [1.807, 2.05) is 35.7 Å². The molecule has 2 aromatic carbocycles. The third kappa shape index (κ3) is 4.81. The van der Waals surface area contributed by atoms with Crippen LogP contribution in [0.15, 0.2) is 60.0 Å². The Hall–Kier alpha value is -2.37. The molecule has 0 aliphatic rings. The molecule has 1 aromatic heterocycles. The van der Waals surface area contributed by atoms with Gasteiger partial charge in [0.05, 0.1) is 12.1 Å². The van der Waals surface area contributed by atoms with E-state index in [-0.39, 0.29) is 12.3 Å². The van der Waals surface area contributed by atoms with E-state index in [1.165, 1.54) is 11.3 Å². The Labute approximate surface area is 149 Å². The van der Waals surface area contributed by atoms with Gasteiger partial charge in [-0.25, -0.2) is 4.98 Å². The average molecular weight is 359 g/mol. The molecule has 0 unspecified atom stereocenters. The van der Waals surface area contributed by atoms with Crippen LogP contribution in [-0.4, -0.2) is 10.9 Å². The van der Waals surface area contributed by atoms with Gasteiger partial charge in [0.2, 0.25) is 5.91 Å². The molecule has 4 nitrogen and oxygen atoms in total. The van der Waals surface area contributed by atoms with Crippen molar-refractivity contribution in [3.8, 4) is 5.75 Å². The van der Waals surface area contributed by atoms with Crippen LogP contribution in [0.25, 0.3) is 0 Å². The lowest BCUT2D eigenvalue weighted by Gasteiger charge is -2.04. The molecule has 122 valence electrons. The predicted molar refractivity (Wildman–Crippen MR) is 96.7 cm³/mol. The van der Waals surface area contributed by atoms with E-state index < -0.39 is 0 Å². The van der Waals surface area contributed by atoms with Gasteiger partial charge in [-0.15, -0.1) is 11.3 Å². The highest BCUT2D eigenvalue weighted by Crippen LogP contribution is 2.16. The standard InChI is InChI=1S/C18H15ClN2O2S/c19-13-6-8-14(9-7-13)20-17(22)10-15-12-24-18(21-15)11-23-16-4-2-1-3-5-16/h1-9,12H,10-11H2,(H,20,22). The first-order valence-electron chi connectivity index (χ1n) is 7.35. The first-order chi connectivity index (χ1) is 11.7. The van der Waals surface area contributed by atoms with Gasteiger partial charge in [-0.1, -0.05) is 29.8 Å².